The lowest BCUT2D eigenvalue weighted by molar-refractivity contribution is 0.490. The van der Waals surface area contributed by atoms with Crippen molar-refractivity contribution in [3.05, 3.63) is 60.4 Å². The molecule has 1 aliphatic heterocycles. The fourth-order valence-electron chi connectivity index (χ4n) is 3.29. The van der Waals surface area contributed by atoms with Crippen LogP contribution < -0.4 is 10.2 Å². The van der Waals surface area contributed by atoms with Gasteiger partial charge in [0.05, 0.1) is 5.69 Å². The molecule has 0 spiro atoms. The maximum atomic E-state index is 4.62. The van der Waals surface area contributed by atoms with Crippen LogP contribution in [0.2, 0.25) is 0 Å². The van der Waals surface area contributed by atoms with Gasteiger partial charge in [0.25, 0.3) is 0 Å². The molecule has 7 nitrogen and oxygen atoms in total. The Morgan fingerprint density at radius 2 is 1.69 bits per heavy atom. The molecule has 7 heteroatoms. The molecule has 0 saturated carbocycles. The van der Waals surface area contributed by atoms with Crippen LogP contribution in [-0.2, 0) is 0 Å². The molecule has 1 fully saturated rings. The average molecular weight is 347 g/mol. The molecular weight excluding hydrogens is 326 g/mol. The summed E-state index contributed by atoms with van der Waals surface area (Å²) < 4.78 is 0. The van der Waals surface area contributed by atoms with Gasteiger partial charge in [-0.25, -0.2) is 19.9 Å². The standard InChI is InChI=1S/C19H21N7/c1-14-4-2-5-16(24-14)25-18-17(20-10-11-21-18)15-6-12-26(13-7-15)19-22-8-3-9-23-19/h2-5,8-11,15H,6-7,12-13H2,1H3,(H,21,24,25). The Morgan fingerprint density at radius 1 is 0.923 bits per heavy atom. The van der Waals surface area contributed by atoms with Gasteiger partial charge >= 0.3 is 0 Å². The number of aryl methyl sites for hydroxylation is 1. The summed E-state index contributed by atoms with van der Waals surface area (Å²) in [6.45, 7) is 3.80. The Hall–Kier alpha value is -3.09. The molecule has 4 rings (SSSR count). The van der Waals surface area contributed by atoms with Crippen molar-refractivity contribution in [2.45, 2.75) is 25.7 Å². The number of piperidine rings is 1. The number of nitrogens with one attached hydrogen (secondary N) is 1. The molecule has 0 aliphatic carbocycles. The monoisotopic (exact) mass is 347 g/mol. The second-order valence-electron chi connectivity index (χ2n) is 6.39. The first kappa shape index (κ1) is 16.4. The molecule has 4 heterocycles. The van der Waals surface area contributed by atoms with Crippen LogP contribution in [0, 0.1) is 6.92 Å². The van der Waals surface area contributed by atoms with E-state index in [4.69, 9.17) is 0 Å². The molecule has 1 aliphatic rings. The van der Waals surface area contributed by atoms with E-state index in [1.54, 1.807) is 24.8 Å². The third-order valence-corrected chi connectivity index (χ3v) is 4.58. The summed E-state index contributed by atoms with van der Waals surface area (Å²) in [7, 11) is 0. The number of rotatable bonds is 4. The van der Waals surface area contributed by atoms with E-state index < -0.39 is 0 Å². The highest BCUT2D eigenvalue weighted by Gasteiger charge is 2.25. The Labute approximate surface area is 152 Å². The third kappa shape index (κ3) is 3.61. The van der Waals surface area contributed by atoms with Gasteiger partial charge < -0.3 is 10.2 Å². The van der Waals surface area contributed by atoms with Gasteiger partial charge in [-0.15, -0.1) is 0 Å². The summed E-state index contributed by atoms with van der Waals surface area (Å²) in [6, 6.07) is 7.75. The van der Waals surface area contributed by atoms with Gasteiger partial charge in [0.1, 0.15) is 5.82 Å². The van der Waals surface area contributed by atoms with Gasteiger partial charge in [0.15, 0.2) is 5.82 Å². The molecule has 0 radical (unpaired) electrons. The van der Waals surface area contributed by atoms with Crippen molar-refractivity contribution in [2.75, 3.05) is 23.3 Å². The van der Waals surface area contributed by atoms with Crippen molar-refractivity contribution in [2.24, 2.45) is 0 Å². The van der Waals surface area contributed by atoms with Crippen molar-refractivity contribution in [1.29, 1.82) is 0 Å². The number of nitrogens with zero attached hydrogens (tertiary/aromatic N) is 6. The summed E-state index contributed by atoms with van der Waals surface area (Å²) in [6.07, 6.45) is 9.03. The number of aromatic nitrogens is 5. The van der Waals surface area contributed by atoms with E-state index in [0.29, 0.717) is 5.92 Å². The second kappa shape index (κ2) is 7.43. The molecule has 3 aromatic rings. The van der Waals surface area contributed by atoms with Gasteiger partial charge in [-0.1, -0.05) is 6.07 Å². The predicted molar refractivity (Wildman–Crippen MR) is 101 cm³/mol. The summed E-state index contributed by atoms with van der Waals surface area (Å²) in [5.41, 5.74) is 1.97. The summed E-state index contributed by atoms with van der Waals surface area (Å²) >= 11 is 0. The lowest BCUT2D eigenvalue weighted by atomic mass is 9.93. The number of anilines is 3. The Kier molecular flexibility index (Phi) is 4.68. The first-order valence-corrected chi connectivity index (χ1v) is 8.83. The quantitative estimate of drug-likeness (QED) is 0.777. The van der Waals surface area contributed by atoms with Crippen LogP contribution in [0.4, 0.5) is 17.6 Å². The minimum absolute atomic E-state index is 0.357. The van der Waals surface area contributed by atoms with Crippen LogP contribution in [0.25, 0.3) is 0 Å². The molecule has 0 amide bonds. The highest BCUT2D eigenvalue weighted by molar-refractivity contribution is 5.55. The maximum absolute atomic E-state index is 4.62. The van der Waals surface area contributed by atoms with Gasteiger partial charge in [0, 0.05) is 49.5 Å². The zero-order chi connectivity index (χ0) is 17.8. The minimum Gasteiger partial charge on any atom is -0.341 e. The predicted octanol–water partition coefficient (Wildman–Crippen LogP) is 3.10. The molecule has 1 N–H and O–H groups in total. The lowest BCUT2D eigenvalue weighted by Gasteiger charge is -2.32. The van der Waals surface area contributed by atoms with Crippen LogP contribution in [0.15, 0.2) is 49.1 Å². The third-order valence-electron chi connectivity index (χ3n) is 4.58. The van der Waals surface area contributed by atoms with E-state index in [1.807, 2.05) is 31.2 Å². The smallest absolute Gasteiger partial charge is 0.225 e. The first-order valence-electron chi connectivity index (χ1n) is 8.83. The number of pyridine rings is 1. The molecule has 0 bridgehead atoms. The normalized spacial score (nSPS) is 15.0. The molecule has 1 saturated heterocycles. The molecule has 0 aromatic carbocycles. The molecule has 26 heavy (non-hydrogen) atoms. The lowest BCUT2D eigenvalue weighted by Crippen LogP contribution is -2.34. The highest BCUT2D eigenvalue weighted by Crippen LogP contribution is 2.32. The molecule has 3 aromatic heterocycles. The van der Waals surface area contributed by atoms with E-state index in [0.717, 1.165) is 54.9 Å². The van der Waals surface area contributed by atoms with Crippen molar-refractivity contribution < 1.29 is 0 Å². The van der Waals surface area contributed by atoms with E-state index in [9.17, 15) is 0 Å². The SMILES string of the molecule is Cc1cccc(Nc2nccnc2C2CCN(c3ncccn3)CC2)n1. The van der Waals surface area contributed by atoms with Crippen molar-refractivity contribution in [1.82, 2.24) is 24.9 Å². The van der Waals surface area contributed by atoms with Crippen LogP contribution in [0.3, 0.4) is 0 Å². The molecule has 0 atom stereocenters. The van der Waals surface area contributed by atoms with E-state index in [1.165, 1.54) is 0 Å². The zero-order valence-corrected chi connectivity index (χ0v) is 14.7. The van der Waals surface area contributed by atoms with Crippen molar-refractivity contribution in [3.63, 3.8) is 0 Å². The van der Waals surface area contributed by atoms with Crippen molar-refractivity contribution >= 4 is 17.6 Å². The van der Waals surface area contributed by atoms with Crippen LogP contribution >= 0.6 is 0 Å². The van der Waals surface area contributed by atoms with E-state index in [2.05, 4.69) is 35.1 Å². The zero-order valence-electron chi connectivity index (χ0n) is 14.7. The topological polar surface area (TPSA) is 79.7 Å². The summed E-state index contributed by atoms with van der Waals surface area (Å²) in [4.78, 5) is 24.5. The van der Waals surface area contributed by atoms with Crippen LogP contribution in [0.1, 0.15) is 30.1 Å². The van der Waals surface area contributed by atoms with Gasteiger partial charge in [-0.05, 0) is 38.0 Å². The van der Waals surface area contributed by atoms with Crippen molar-refractivity contribution in [3.8, 4) is 0 Å². The van der Waals surface area contributed by atoms with E-state index >= 15 is 0 Å². The Balaban J connectivity index is 1.49. The highest BCUT2D eigenvalue weighted by atomic mass is 15.2. The largest absolute Gasteiger partial charge is 0.341 e. The maximum Gasteiger partial charge on any atom is 0.225 e. The molecular formula is C19H21N7. The van der Waals surface area contributed by atoms with Gasteiger partial charge in [-0.2, -0.15) is 0 Å². The van der Waals surface area contributed by atoms with Crippen LogP contribution in [0.5, 0.6) is 0 Å². The second-order valence-corrected chi connectivity index (χ2v) is 6.39. The van der Waals surface area contributed by atoms with E-state index in [-0.39, 0.29) is 0 Å². The fourth-order valence-corrected chi connectivity index (χ4v) is 3.29. The molecule has 132 valence electrons. The summed E-state index contributed by atoms with van der Waals surface area (Å²) in [5.74, 6) is 2.74. The summed E-state index contributed by atoms with van der Waals surface area (Å²) in [5, 5.41) is 3.33. The Bertz CT molecular complexity index is 861. The number of hydrogen-bond acceptors (Lipinski definition) is 7. The van der Waals surface area contributed by atoms with Crippen LogP contribution in [-0.4, -0.2) is 38.0 Å². The minimum atomic E-state index is 0.357. The molecule has 0 unspecified atom stereocenters. The number of hydrogen-bond donors (Lipinski definition) is 1. The fraction of sp³-hybridized carbons (Fsp3) is 0.316. The Morgan fingerprint density at radius 3 is 2.46 bits per heavy atom. The first-order chi connectivity index (χ1) is 12.8. The average Bonchev–Trinajstić information content (AvgIpc) is 2.69. The van der Waals surface area contributed by atoms with Gasteiger partial charge in [-0.3, -0.25) is 4.98 Å². The van der Waals surface area contributed by atoms with Gasteiger partial charge in [0.2, 0.25) is 5.95 Å².